The van der Waals surface area contributed by atoms with Gasteiger partial charge in [0.25, 0.3) is 5.91 Å². The van der Waals surface area contributed by atoms with Crippen molar-refractivity contribution in [2.75, 3.05) is 6.61 Å². The lowest BCUT2D eigenvalue weighted by atomic mass is 10.1. The fourth-order valence-corrected chi connectivity index (χ4v) is 1.74. The highest BCUT2D eigenvalue weighted by Gasteiger charge is 2.09. The summed E-state index contributed by atoms with van der Waals surface area (Å²) in [6.45, 7) is -0.0323. The van der Waals surface area contributed by atoms with Gasteiger partial charge in [0.1, 0.15) is 12.4 Å². The van der Waals surface area contributed by atoms with Crippen molar-refractivity contribution < 1.29 is 14.3 Å². The summed E-state index contributed by atoms with van der Waals surface area (Å²) < 4.78 is 15.4. The zero-order chi connectivity index (χ0) is 15.2. The van der Waals surface area contributed by atoms with Crippen LogP contribution >= 0.6 is 0 Å². The molecule has 1 heterocycles. The maximum Gasteiger partial charge on any atom is 0.251 e. The topological polar surface area (TPSA) is 67.2 Å². The standard InChI is InChI=1S/C15H14FN3O2/c1-19-13(6-7-18-19)10-17-15(21)12-5-4-11(3-2-8-20)14(16)9-12/h4-7,9,20H,8,10H2,1H3,(H,17,21). The van der Waals surface area contributed by atoms with Crippen LogP contribution in [0.15, 0.2) is 30.5 Å². The Hall–Kier alpha value is -2.65. The Labute approximate surface area is 121 Å². The van der Waals surface area contributed by atoms with Crippen molar-refractivity contribution in [2.24, 2.45) is 7.05 Å². The van der Waals surface area contributed by atoms with Gasteiger partial charge in [-0.25, -0.2) is 4.39 Å². The van der Waals surface area contributed by atoms with Gasteiger partial charge in [-0.3, -0.25) is 9.48 Å². The van der Waals surface area contributed by atoms with Crippen molar-refractivity contribution in [1.29, 1.82) is 0 Å². The molecule has 2 N–H and O–H groups in total. The number of hydrogen-bond donors (Lipinski definition) is 2. The van der Waals surface area contributed by atoms with Gasteiger partial charge in [0.15, 0.2) is 0 Å². The van der Waals surface area contributed by atoms with Crippen LogP contribution in [0.2, 0.25) is 0 Å². The molecule has 1 amide bonds. The molecule has 1 aromatic heterocycles. The lowest BCUT2D eigenvalue weighted by Crippen LogP contribution is -2.24. The summed E-state index contributed by atoms with van der Waals surface area (Å²) in [5, 5.41) is 15.3. The van der Waals surface area contributed by atoms with Gasteiger partial charge in [0.05, 0.1) is 17.8 Å². The average Bonchev–Trinajstić information content (AvgIpc) is 2.88. The van der Waals surface area contributed by atoms with Crippen LogP contribution in [0.1, 0.15) is 21.6 Å². The van der Waals surface area contributed by atoms with Gasteiger partial charge < -0.3 is 10.4 Å². The quantitative estimate of drug-likeness (QED) is 0.822. The van der Waals surface area contributed by atoms with Gasteiger partial charge >= 0.3 is 0 Å². The van der Waals surface area contributed by atoms with E-state index < -0.39 is 5.82 Å². The highest BCUT2D eigenvalue weighted by Crippen LogP contribution is 2.10. The molecule has 108 valence electrons. The Morgan fingerprint density at radius 2 is 2.29 bits per heavy atom. The van der Waals surface area contributed by atoms with Gasteiger partial charge in [0, 0.05) is 18.8 Å². The monoisotopic (exact) mass is 287 g/mol. The summed E-state index contributed by atoms with van der Waals surface area (Å²) in [5.41, 5.74) is 1.20. The highest BCUT2D eigenvalue weighted by atomic mass is 19.1. The number of aryl methyl sites for hydroxylation is 1. The molecule has 21 heavy (non-hydrogen) atoms. The zero-order valence-corrected chi connectivity index (χ0v) is 11.4. The first-order chi connectivity index (χ1) is 10.1. The maximum absolute atomic E-state index is 13.7. The fourth-order valence-electron chi connectivity index (χ4n) is 1.74. The number of halogens is 1. The zero-order valence-electron chi connectivity index (χ0n) is 11.4. The Bertz CT molecular complexity index is 713. The van der Waals surface area contributed by atoms with Crippen LogP contribution in [0.5, 0.6) is 0 Å². The van der Waals surface area contributed by atoms with Gasteiger partial charge in [-0.1, -0.05) is 11.8 Å². The van der Waals surface area contributed by atoms with Crippen LogP contribution < -0.4 is 5.32 Å². The van der Waals surface area contributed by atoms with E-state index >= 15 is 0 Å². The largest absolute Gasteiger partial charge is 0.384 e. The molecule has 0 unspecified atom stereocenters. The minimum absolute atomic E-state index is 0.146. The van der Waals surface area contributed by atoms with Crippen molar-refractivity contribution in [1.82, 2.24) is 15.1 Å². The third kappa shape index (κ3) is 3.68. The van der Waals surface area contributed by atoms with Crippen LogP contribution in [0.25, 0.3) is 0 Å². The first-order valence-electron chi connectivity index (χ1n) is 6.26. The van der Waals surface area contributed by atoms with Crippen molar-refractivity contribution in [2.45, 2.75) is 6.54 Å². The molecule has 0 aliphatic carbocycles. The van der Waals surface area contributed by atoms with Crippen LogP contribution in [0.4, 0.5) is 4.39 Å². The van der Waals surface area contributed by atoms with Gasteiger partial charge in [-0.05, 0) is 24.3 Å². The Kier molecular flexibility index (Phi) is 4.69. The number of carbonyl (C=O) groups is 1. The number of amides is 1. The van der Waals surface area contributed by atoms with Crippen LogP contribution in [0, 0.1) is 17.7 Å². The van der Waals surface area contributed by atoms with E-state index in [4.69, 9.17) is 5.11 Å². The van der Waals surface area contributed by atoms with Crippen molar-refractivity contribution in [3.63, 3.8) is 0 Å². The second-order valence-corrected chi connectivity index (χ2v) is 4.28. The van der Waals surface area contributed by atoms with Crippen LogP contribution in [-0.4, -0.2) is 27.4 Å². The average molecular weight is 287 g/mol. The molecule has 0 aliphatic rings. The molecule has 2 rings (SSSR count). The first-order valence-corrected chi connectivity index (χ1v) is 6.26. The number of aromatic nitrogens is 2. The van der Waals surface area contributed by atoms with Crippen LogP contribution in [0.3, 0.4) is 0 Å². The second kappa shape index (κ2) is 6.68. The van der Waals surface area contributed by atoms with Crippen molar-refractivity contribution >= 4 is 5.91 Å². The maximum atomic E-state index is 13.7. The Morgan fingerprint density at radius 3 is 2.90 bits per heavy atom. The summed E-state index contributed by atoms with van der Waals surface area (Å²) in [5.74, 6) is 3.86. The number of benzene rings is 1. The molecule has 0 saturated heterocycles. The second-order valence-electron chi connectivity index (χ2n) is 4.28. The van der Waals surface area contributed by atoms with E-state index in [2.05, 4.69) is 22.3 Å². The van der Waals surface area contributed by atoms with E-state index in [1.165, 1.54) is 12.1 Å². The van der Waals surface area contributed by atoms with Crippen molar-refractivity contribution in [3.8, 4) is 11.8 Å². The molecule has 5 nitrogen and oxygen atoms in total. The molecule has 0 fully saturated rings. The lowest BCUT2D eigenvalue weighted by Gasteiger charge is -2.06. The Morgan fingerprint density at radius 1 is 1.48 bits per heavy atom. The third-order valence-corrected chi connectivity index (χ3v) is 2.89. The van der Waals surface area contributed by atoms with Gasteiger partial charge in [-0.2, -0.15) is 5.10 Å². The molecular weight excluding hydrogens is 273 g/mol. The van der Waals surface area contributed by atoms with E-state index in [-0.39, 0.29) is 23.6 Å². The summed E-state index contributed by atoms with van der Waals surface area (Å²) in [4.78, 5) is 11.9. The fraction of sp³-hybridized carbons (Fsp3) is 0.200. The number of nitrogens with zero attached hydrogens (tertiary/aromatic N) is 2. The first kappa shape index (κ1) is 14.8. The van der Waals surface area contributed by atoms with E-state index in [0.717, 1.165) is 11.8 Å². The summed E-state index contributed by atoms with van der Waals surface area (Å²) in [7, 11) is 1.77. The van der Waals surface area contributed by atoms with Gasteiger partial charge in [-0.15, -0.1) is 0 Å². The minimum Gasteiger partial charge on any atom is -0.384 e. The Balaban J connectivity index is 2.06. The van der Waals surface area contributed by atoms with E-state index in [0.29, 0.717) is 6.54 Å². The molecule has 0 atom stereocenters. The van der Waals surface area contributed by atoms with E-state index in [1.54, 1.807) is 24.0 Å². The number of rotatable bonds is 3. The van der Waals surface area contributed by atoms with Gasteiger partial charge in [0.2, 0.25) is 0 Å². The van der Waals surface area contributed by atoms with E-state index in [1.807, 2.05) is 0 Å². The molecule has 1 aromatic carbocycles. The molecular formula is C15H14FN3O2. The number of hydrogen-bond acceptors (Lipinski definition) is 3. The number of nitrogens with one attached hydrogen (secondary N) is 1. The number of aliphatic hydroxyl groups is 1. The normalized spacial score (nSPS) is 9.86. The third-order valence-electron chi connectivity index (χ3n) is 2.89. The lowest BCUT2D eigenvalue weighted by molar-refractivity contribution is 0.0949. The molecule has 2 aromatic rings. The predicted octanol–water partition coefficient (Wildman–Crippen LogP) is 0.833. The summed E-state index contributed by atoms with van der Waals surface area (Å²) in [6, 6.07) is 5.81. The number of carbonyl (C=O) groups excluding carboxylic acids is 1. The predicted molar refractivity (Wildman–Crippen MR) is 74.7 cm³/mol. The number of aliphatic hydroxyl groups excluding tert-OH is 1. The van der Waals surface area contributed by atoms with Crippen molar-refractivity contribution in [3.05, 3.63) is 53.1 Å². The summed E-state index contributed by atoms with van der Waals surface area (Å²) >= 11 is 0. The minimum atomic E-state index is -0.593. The molecule has 0 bridgehead atoms. The molecule has 0 spiro atoms. The molecule has 0 aliphatic heterocycles. The molecule has 0 saturated carbocycles. The molecule has 6 heteroatoms. The van der Waals surface area contributed by atoms with Crippen LogP contribution in [-0.2, 0) is 13.6 Å². The SMILES string of the molecule is Cn1nccc1CNC(=O)c1ccc(C#CCO)c(F)c1. The molecule has 0 radical (unpaired) electrons. The highest BCUT2D eigenvalue weighted by molar-refractivity contribution is 5.94. The van der Waals surface area contributed by atoms with E-state index in [9.17, 15) is 9.18 Å². The smallest absolute Gasteiger partial charge is 0.251 e. The summed E-state index contributed by atoms with van der Waals surface area (Å²) in [6.07, 6.45) is 1.63.